The van der Waals surface area contributed by atoms with Gasteiger partial charge in [-0.25, -0.2) is 0 Å². The molecule has 0 aliphatic heterocycles. The van der Waals surface area contributed by atoms with Gasteiger partial charge in [0.25, 0.3) is 0 Å². The molecule has 3 nitrogen and oxygen atoms in total. The number of benzene rings is 2. The van der Waals surface area contributed by atoms with Crippen molar-refractivity contribution in [2.75, 3.05) is 6.61 Å². The van der Waals surface area contributed by atoms with Gasteiger partial charge >= 0.3 is 0 Å². The van der Waals surface area contributed by atoms with E-state index in [4.69, 9.17) is 22.2 Å². The predicted octanol–water partition coefficient (Wildman–Crippen LogP) is 3.79. The van der Waals surface area contributed by atoms with E-state index in [1.807, 2.05) is 44.2 Å². The maximum absolute atomic E-state index is 6.31. The Labute approximate surface area is 131 Å². The number of nitrogens with two attached hydrogens (primary N) is 1. The Balaban J connectivity index is 2.21. The van der Waals surface area contributed by atoms with Crippen LogP contribution in [0.1, 0.15) is 29.7 Å². The van der Waals surface area contributed by atoms with Crippen LogP contribution in [0.2, 0.25) is 5.02 Å². The van der Waals surface area contributed by atoms with Crippen molar-refractivity contribution in [2.45, 2.75) is 26.3 Å². The number of hydrazine groups is 1. The third-order valence-corrected chi connectivity index (χ3v) is 3.76. The highest BCUT2D eigenvalue weighted by Crippen LogP contribution is 2.26. The number of nitrogens with one attached hydrogen (secondary N) is 1. The van der Waals surface area contributed by atoms with Gasteiger partial charge in [-0.1, -0.05) is 35.9 Å². The normalized spacial score (nSPS) is 12.2. The quantitative estimate of drug-likeness (QED) is 0.630. The average Bonchev–Trinajstić information content (AvgIpc) is 2.47. The molecule has 0 amide bonds. The Kier molecular flexibility index (Phi) is 5.62. The van der Waals surface area contributed by atoms with Crippen LogP contribution in [0.4, 0.5) is 0 Å². The summed E-state index contributed by atoms with van der Waals surface area (Å²) in [5.41, 5.74) is 6.18. The Morgan fingerprint density at radius 2 is 2.05 bits per heavy atom. The zero-order chi connectivity index (χ0) is 15.2. The van der Waals surface area contributed by atoms with Crippen LogP contribution in [0, 0.1) is 6.92 Å². The predicted molar refractivity (Wildman–Crippen MR) is 87.6 cm³/mol. The minimum absolute atomic E-state index is 0.00869. The molecule has 4 heteroatoms. The van der Waals surface area contributed by atoms with E-state index in [1.165, 1.54) is 0 Å². The Morgan fingerprint density at radius 1 is 1.24 bits per heavy atom. The molecule has 0 spiro atoms. The molecule has 3 N–H and O–H groups in total. The molecule has 0 radical (unpaired) electrons. The molecule has 0 bridgehead atoms. The first-order valence-electron chi connectivity index (χ1n) is 7.08. The molecule has 2 aromatic rings. The van der Waals surface area contributed by atoms with Crippen molar-refractivity contribution in [3.63, 3.8) is 0 Å². The fourth-order valence-electron chi connectivity index (χ4n) is 2.30. The van der Waals surface area contributed by atoms with Gasteiger partial charge in [0, 0.05) is 5.02 Å². The van der Waals surface area contributed by atoms with Crippen LogP contribution >= 0.6 is 11.6 Å². The van der Waals surface area contributed by atoms with Gasteiger partial charge < -0.3 is 4.74 Å². The van der Waals surface area contributed by atoms with Crippen LogP contribution in [0.15, 0.2) is 42.5 Å². The summed E-state index contributed by atoms with van der Waals surface area (Å²) in [5.74, 6) is 6.57. The number of hydrogen-bond donors (Lipinski definition) is 2. The van der Waals surface area contributed by atoms with Crippen molar-refractivity contribution in [1.29, 1.82) is 0 Å². The largest absolute Gasteiger partial charge is 0.494 e. The van der Waals surface area contributed by atoms with Gasteiger partial charge in [0.1, 0.15) is 5.75 Å². The smallest absolute Gasteiger partial charge is 0.119 e. The molecule has 112 valence electrons. The van der Waals surface area contributed by atoms with Crippen LogP contribution in [-0.4, -0.2) is 6.61 Å². The maximum atomic E-state index is 6.31. The lowest BCUT2D eigenvalue weighted by Crippen LogP contribution is -2.29. The summed E-state index contributed by atoms with van der Waals surface area (Å²) in [5, 5.41) is 0.774. The molecule has 1 atom stereocenters. The standard InChI is InChI=1S/C17H21ClN2O/c1-3-21-15-6-4-5-14(10-15)17(20-19)11-13-8-7-12(2)9-16(13)18/h4-10,17,20H,3,11,19H2,1-2H3. The second-order valence-electron chi connectivity index (χ2n) is 5.02. The molecule has 0 aliphatic carbocycles. The summed E-state index contributed by atoms with van der Waals surface area (Å²) in [6.07, 6.45) is 0.727. The van der Waals surface area contributed by atoms with E-state index >= 15 is 0 Å². The highest BCUT2D eigenvalue weighted by Gasteiger charge is 2.13. The first-order valence-corrected chi connectivity index (χ1v) is 7.45. The number of rotatable bonds is 6. The third kappa shape index (κ3) is 4.21. The van der Waals surface area contributed by atoms with Crippen molar-refractivity contribution >= 4 is 11.6 Å². The van der Waals surface area contributed by atoms with Crippen LogP contribution < -0.4 is 16.0 Å². The molecule has 0 saturated carbocycles. The molecule has 0 aromatic heterocycles. The molecule has 0 aliphatic rings. The van der Waals surface area contributed by atoms with Crippen molar-refractivity contribution in [1.82, 2.24) is 5.43 Å². The number of hydrogen-bond acceptors (Lipinski definition) is 3. The van der Waals surface area contributed by atoms with Gasteiger partial charge in [-0.05, 0) is 55.2 Å². The van der Waals surface area contributed by atoms with E-state index in [0.29, 0.717) is 6.61 Å². The van der Waals surface area contributed by atoms with Crippen LogP contribution in [0.5, 0.6) is 5.75 Å². The maximum Gasteiger partial charge on any atom is 0.119 e. The van der Waals surface area contributed by atoms with Crippen molar-refractivity contribution in [3.05, 3.63) is 64.2 Å². The Hall–Kier alpha value is -1.55. The molecule has 1 unspecified atom stereocenters. The number of aryl methyl sites for hydroxylation is 1. The van der Waals surface area contributed by atoms with E-state index in [9.17, 15) is 0 Å². The highest BCUT2D eigenvalue weighted by molar-refractivity contribution is 6.31. The fraction of sp³-hybridized carbons (Fsp3) is 0.294. The summed E-state index contributed by atoms with van der Waals surface area (Å²) in [4.78, 5) is 0. The van der Waals surface area contributed by atoms with Crippen molar-refractivity contribution < 1.29 is 4.74 Å². The molecule has 0 saturated heterocycles. The van der Waals surface area contributed by atoms with Gasteiger partial charge in [0.05, 0.1) is 12.6 Å². The average molecular weight is 305 g/mol. The zero-order valence-corrected chi connectivity index (χ0v) is 13.2. The van der Waals surface area contributed by atoms with E-state index in [-0.39, 0.29) is 6.04 Å². The number of halogens is 1. The Morgan fingerprint density at radius 3 is 2.71 bits per heavy atom. The second kappa shape index (κ2) is 7.46. The minimum Gasteiger partial charge on any atom is -0.494 e. The molecule has 2 rings (SSSR count). The summed E-state index contributed by atoms with van der Waals surface area (Å²) in [7, 11) is 0. The third-order valence-electron chi connectivity index (χ3n) is 3.41. The van der Waals surface area contributed by atoms with E-state index in [0.717, 1.165) is 33.9 Å². The molecule has 21 heavy (non-hydrogen) atoms. The lowest BCUT2D eigenvalue weighted by molar-refractivity contribution is 0.339. The topological polar surface area (TPSA) is 47.3 Å². The summed E-state index contributed by atoms with van der Waals surface area (Å²) < 4.78 is 5.54. The highest BCUT2D eigenvalue weighted by atomic mass is 35.5. The molecular weight excluding hydrogens is 284 g/mol. The molecular formula is C17H21ClN2O. The van der Waals surface area contributed by atoms with Crippen molar-refractivity contribution in [3.8, 4) is 5.75 Å². The van der Waals surface area contributed by atoms with Crippen molar-refractivity contribution in [2.24, 2.45) is 5.84 Å². The lowest BCUT2D eigenvalue weighted by Gasteiger charge is -2.18. The summed E-state index contributed by atoms with van der Waals surface area (Å²) in [6, 6.07) is 14.0. The monoisotopic (exact) mass is 304 g/mol. The van der Waals surface area contributed by atoms with Crippen LogP contribution in [-0.2, 0) is 6.42 Å². The lowest BCUT2D eigenvalue weighted by atomic mass is 9.98. The molecule has 2 aromatic carbocycles. The summed E-state index contributed by atoms with van der Waals surface area (Å²) >= 11 is 6.31. The van der Waals surface area contributed by atoms with Gasteiger partial charge in [-0.2, -0.15) is 0 Å². The zero-order valence-electron chi connectivity index (χ0n) is 12.4. The Bertz CT molecular complexity index is 601. The summed E-state index contributed by atoms with van der Waals surface area (Å²) in [6.45, 7) is 4.64. The van der Waals surface area contributed by atoms with E-state index in [1.54, 1.807) is 0 Å². The molecule has 0 heterocycles. The minimum atomic E-state index is -0.00869. The van der Waals surface area contributed by atoms with Crippen LogP contribution in [0.3, 0.4) is 0 Å². The SMILES string of the molecule is CCOc1cccc(C(Cc2ccc(C)cc2Cl)NN)c1. The van der Waals surface area contributed by atoms with Crippen LogP contribution in [0.25, 0.3) is 0 Å². The van der Waals surface area contributed by atoms with Gasteiger partial charge in [-0.15, -0.1) is 0 Å². The second-order valence-corrected chi connectivity index (χ2v) is 5.43. The molecule has 0 fully saturated rings. The van der Waals surface area contributed by atoms with Gasteiger partial charge in [-0.3, -0.25) is 11.3 Å². The fourth-order valence-corrected chi connectivity index (χ4v) is 2.61. The van der Waals surface area contributed by atoms with E-state index in [2.05, 4.69) is 17.6 Å². The first-order chi connectivity index (χ1) is 10.1. The van der Waals surface area contributed by atoms with Gasteiger partial charge in [0.15, 0.2) is 0 Å². The van der Waals surface area contributed by atoms with Gasteiger partial charge in [0.2, 0.25) is 0 Å². The number of ether oxygens (including phenoxy) is 1. The first kappa shape index (κ1) is 15.8. The van der Waals surface area contributed by atoms with E-state index < -0.39 is 0 Å².